The van der Waals surface area contributed by atoms with E-state index in [0.29, 0.717) is 0 Å². The molecule has 0 saturated carbocycles. The van der Waals surface area contributed by atoms with E-state index >= 15 is 0 Å². The number of carbonyl (C=O) groups is 2. The Bertz CT molecular complexity index is 406. The number of nitrogens with one attached hydrogen (secondary N) is 1. The molecule has 1 rings (SSSR count). The Balaban J connectivity index is 2.67. The first-order valence-corrected chi connectivity index (χ1v) is 5.81. The molecule has 0 aliphatic rings. The molecular weight excluding hydrogens is 232 g/mol. The van der Waals surface area contributed by atoms with Gasteiger partial charge in [-0.25, -0.2) is 4.79 Å². The lowest BCUT2D eigenvalue weighted by Crippen LogP contribution is -2.45. The molecule has 0 radical (unpaired) electrons. The topological polar surface area (TPSA) is 92.4 Å². The standard InChI is InChI=1S/C13H18N2O3/c1-9(8-14)12(16)15-11(13(17)18)7-10-5-3-2-4-6-10/h2-6,9,11H,7-8,14H2,1H3,(H,15,16)(H,17,18)/t9?,11-/m1/s1. The summed E-state index contributed by atoms with van der Waals surface area (Å²) in [6.07, 6.45) is 0.263. The maximum absolute atomic E-state index is 11.6. The number of aliphatic carboxylic acids is 1. The highest BCUT2D eigenvalue weighted by molar-refractivity contribution is 5.85. The molecule has 0 aromatic heterocycles. The molecule has 5 nitrogen and oxygen atoms in total. The van der Waals surface area contributed by atoms with Crippen LogP contribution in [0, 0.1) is 5.92 Å². The van der Waals surface area contributed by atoms with Crippen LogP contribution in [0.5, 0.6) is 0 Å². The fourth-order valence-corrected chi connectivity index (χ4v) is 1.47. The SMILES string of the molecule is CC(CN)C(=O)N[C@H](Cc1ccccc1)C(=O)O. The number of hydrogen-bond donors (Lipinski definition) is 3. The molecule has 0 aliphatic carbocycles. The van der Waals surface area contributed by atoms with Gasteiger partial charge in [0.05, 0.1) is 0 Å². The lowest BCUT2D eigenvalue weighted by molar-refractivity contribution is -0.142. The van der Waals surface area contributed by atoms with Gasteiger partial charge in [-0.05, 0) is 5.56 Å². The smallest absolute Gasteiger partial charge is 0.326 e. The van der Waals surface area contributed by atoms with Crippen molar-refractivity contribution in [2.75, 3.05) is 6.54 Å². The molecule has 98 valence electrons. The summed E-state index contributed by atoms with van der Waals surface area (Å²) >= 11 is 0. The molecule has 18 heavy (non-hydrogen) atoms. The summed E-state index contributed by atoms with van der Waals surface area (Å²) in [4.78, 5) is 22.7. The lowest BCUT2D eigenvalue weighted by atomic mass is 10.0. The predicted octanol–water partition coefficient (Wildman–Crippen LogP) is 0.393. The highest BCUT2D eigenvalue weighted by atomic mass is 16.4. The number of nitrogens with two attached hydrogens (primary N) is 1. The molecule has 0 saturated heterocycles. The quantitative estimate of drug-likeness (QED) is 0.681. The van der Waals surface area contributed by atoms with Crippen molar-refractivity contribution in [3.05, 3.63) is 35.9 Å². The fraction of sp³-hybridized carbons (Fsp3) is 0.385. The average Bonchev–Trinajstić information content (AvgIpc) is 2.37. The van der Waals surface area contributed by atoms with Crippen LogP contribution in [0.4, 0.5) is 0 Å². The van der Waals surface area contributed by atoms with Gasteiger partial charge in [0.25, 0.3) is 0 Å². The van der Waals surface area contributed by atoms with Gasteiger partial charge in [0.1, 0.15) is 6.04 Å². The highest BCUT2D eigenvalue weighted by Crippen LogP contribution is 2.04. The Morgan fingerprint density at radius 2 is 1.94 bits per heavy atom. The van der Waals surface area contributed by atoms with Gasteiger partial charge in [0.15, 0.2) is 0 Å². The van der Waals surface area contributed by atoms with Crippen LogP contribution in [0.15, 0.2) is 30.3 Å². The first-order valence-electron chi connectivity index (χ1n) is 5.81. The molecule has 2 atom stereocenters. The molecule has 0 spiro atoms. The van der Waals surface area contributed by atoms with Gasteiger partial charge in [0.2, 0.25) is 5.91 Å². The maximum atomic E-state index is 11.6. The second kappa shape index (κ2) is 6.76. The van der Waals surface area contributed by atoms with Crippen molar-refractivity contribution in [3.63, 3.8) is 0 Å². The maximum Gasteiger partial charge on any atom is 0.326 e. The number of hydrogen-bond acceptors (Lipinski definition) is 3. The number of carbonyl (C=O) groups excluding carboxylic acids is 1. The van der Waals surface area contributed by atoms with E-state index in [1.165, 1.54) is 0 Å². The van der Waals surface area contributed by atoms with Gasteiger partial charge < -0.3 is 16.2 Å². The Morgan fingerprint density at radius 3 is 2.44 bits per heavy atom. The Kier molecular flexibility index (Phi) is 5.32. The van der Waals surface area contributed by atoms with Crippen LogP contribution in [0.3, 0.4) is 0 Å². The monoisotopic (exact) mass is 250 g/mol. The zero-order valence-electron chi connectivity index (χ0n) is 10.3. The third kappa shape index (κ3) is 4.18. The molecule has 0 fully saturated rings. The molecule has 0 bridgehead atoms. The lowest BCUT2D eigenvalue weighted by Gasteiger charge is -2.17. The highest BCUT2D eigenvalue weighted by Gasteiger charge is 2.22. The molecule has 5 heteroatoms. The van der Waals surface area contributed by atoms with Crippen molar-refractivity contribution >= 4 is 11.9 Å². The average molecular weight is 250 g/mol. The Hall–Kier alpha value is -1.88. The summed E-state index contributed by atoms with van der Waals surface area (Å²) in [6.45, 7) is 1.86. The first-order chi connectivity index (χ1) is 8.54. The number of carboxylic acid groups (broad SMARTS) is 1. The van der Waals surface area contributed by atoms with Gasteiger partial charge in [-0.15, -0.1) is 0 Å². The van der Waals surface area contributed by atoms with E-state index in [4.69, 9.17) is 10.8 Å². The number of rotatable bonds is 6. The fourth-order valence-electron chi connectivity index (χ4n) is 1.47. The zero-order valence-corrected chi connectivity index (χ0v) is 10.3. The molecule has 0 heterocycles. The van der Waals surface area contributed by atoms with Crippen LogP contribution in [0.1, 0.15) is 12.5 Å². The molecule has 0 aliphatic heterocycles. The van der Waals surface area contributed by atoms with Crippen molar-refractivity contribution in [1.82, 2.24) is 5.32 Å². The summed E-state index contributed by atoms with van der Waals surface area (Å²) in [6, 6.07) is 8.25. The van der Waals surface area contributed by atoms with E-state index in [0.717, 1.165) is 5.56 Å². The number of benzene rings is 1. The second-order valence-electron chi connectivity index (χ2n) is 4.23. The van der Waals surface area contributed by atoms with Gasteiger partial charge in [-0.1, -0.05) is 37.3 Å². The minimum Gasteiger partial charge on any atom is -0.480 e. The normalized spacial score (nSPS) is 13.7. The van der Waals surface area contributed by atoms with Gasteiger partial charge in [-0.3, -0.25) is 4.79 Å². The first kappa shape index (κ1) is 14.2. The van der Waals surface area contributed by atoms with Crippen molar-refractivity contribution < 1.29 is 14.7 Å². The van der Waals surface area contributed by atoms with Gasteiger partial charge in [-0.2, -0.15) is 0 Å². The summed E-state index contributed by atoms with van der Waals surface area (Å²) in [5.74, 6) is -1.76. The van der Waals surface area contributed by atoms with Crippen LogP contribution in [-0.2, 0) is 16.0 Å². The van der Waals surface area contributed by atoms with Gasteiger partial charge >= 0.3 is 5.97 Å². The molecule has 4 N–H and O–H groups in total. The van der Waals surface area contributed by atoms with Crippen molar-refractivity contribution in [3.8, 4) is 0 Å². The molecule has 1 amide bonds. The minimum atomic E-state index is -1.04. The molecule has 1 unspecified atom stereocenters. The third-order valence-corrected chi connectivity index (χ3v) is 2.70. The summed E-state index contributed by atoms with van der Waals surface area (Å²) in [5, 5.41) is 11.6. The number of carboxylic acids is 1. The van der Waals surface area contributed by atoms with Crippen molar-refractivity contribution in [2.24, 2.45) is 11.7 Å². The Morgan fingerprint density at radius 1 is 1.33 bits per heavy atom. The van der Waals surface area contributed by atoms with Gasteiger partial charge in [0, 0.05) is 18.9 Å². The van der Waals surface area contributed by atoms with Crippen LogP contribution in [-0.4, -0.2) is 29.6 Å². The van der Waals surface area contributed by atoms with Crippen LogP contribution in [0.2, 0.25) is 0 Å². The molecular formula is C13H18N2O3. The summed E-state index contributed by atoms with van der Waals surface area (Å²) in [7, 11) is 0. The van der Waals surface area contributed by atoms with Crippen molar-refractivity contribution in [1.29, 1.82) is 0 Å². The second-order valence-corrected chi connectivity index (χ2v) is 4.23. The van der Waals surface area contributed by atoms with Crippen LogP contribution < -0.4 is 11.1 Å². The molecule has 1 aromatic carbocycles. The van der Waals surface area contributed by atoms with E-state index in [1.54, 1.807) is 6.92 Å². The van der Waals surface area contributed by atoms with Crippen molar-refractivity contribution in [2.45, 2.75) is 19.4 Å². The van der Waals surface area contributed by atoms with E-state index in [-0.39, 0.29) is 24.8 Å². The summed E-state index contributed by atoms with van der Waals surface area (Å²) < 4.78 is 0. The Labute approximate surface area is 106 Å². The van der Waals surface area contributed by atoms with Crippen LogP contribution in [0.25, 0.3) is 0 Å². The van der Waals surface area contributed by atoms with Crippen LogP contribution >= 0.6 is 0 Å². The minimum absolute atomic E-state index is 0.198. The van der Waals surface area contributed by atoms with E-state index < -0.39 is 12.0 Å². The van der Waals surface area contributed by atoms with E-state index in [9.17, 15) is 9.59 Å². The largest absolute Gasteiger partial charge is 0.480 e. The van der Waals surface area contributed by atoms with E-state index in [2.05, 4.69) is 5.32 Å². The third-order valence-electron chi connectivity index (χ3n) is 2.70. The predicted molar refractivity (Wildman–Crippen MR) is 67.9 cm³/mol. The summed E-state index contributed by atoms with van der Waals surface area (Å²) in [5.41, 5.74) is 6.24. The molecule has 1 aromatic rings. The van der Waals surface area contributed by atoms with E-state index in [1.807, 2.05) is 30.3 Å². The number of amides is 1. The zero-order chi connectivity index (χ0) is 13.5.